The van der Waals surface area contributed by atoms with Crippen molar-refractivity contribution in [3.8, 4) is 0 Å². The summed E-state index contributed by atoms with van der Waals surface area (Å²) in [6, 6.07) is 3.88. The fourth-order valence-corrected chi connectivity index (χ4v) is 2.54. The minimum absolute atomic E-state index is 0.0265. The monoisotopic (exact) mass is 314 g/mol. The summed E-state index contributed by atoms with van der Waals surface area (Å²) in [5.41, 5.74) is 3.56. The summed E-state index contributed by atoms with van der Waals surface area (Å²) in [7, 11) is -4.21. The normalized spacial score (nSPS) is 11.4. The van der Waals surface area contributed by atoms with Crippen LogP contribution in [0.4, 0.5) is 14.7 Å². The molecule has 1 aromatic heterocycles. The van der Waals surface area contributed by atoms with Crippen molar-refractivity contribution in [3.05, 3.63) is 47.3 Å². The van der Waals surface area contributed by atoms with E-state index in [0.717, 1.165) is 12.1 Å². The molecule has 6 nitrogen and oxygen atoms in total. The third-order valence-electron chi connectivity index (χ3n) is 2.46. The first-order valence-electron chi connectivity index (χ1n) is 5.83. The molecular weight excluding hydrogens is 302 g/mol. The zero-order valence-corrected chi connectivity index (χ0v) is 12.0. The number of hydrogen-bond donors (Lipinski definition) is 2. The van der Waals surface area contributed by atoms with Gasteiger partial charge in [-0.2, -0.15) is 0 Å². The Morgan fingerprint density at radius 3 is 2.24 bits per heavy atom. The van der Waals surface area contributed by atoms with Gasteiger partial charge in [0.25, 0.3) is 10.0 Å². The summed E-state index contributed by atoms with van der Waals surface area (Å²) in [6.07, 6.45) is 0. The largest absolute Gasteiger partial charge is 0.276 e. The molecule has 0 unspecified atom stereocenters. The van der Waals surface area contributed by atoms with Crippen LogP contribution in [-0.2, 0) is 10.0 Å². The van der Waals surface area contributed by atoms with Crippen molar-refractivity contribution < 1.29 is 17.2 Å². The second-order valence-corrected chi connectivity index (χ2v) is 5.93. The quantitative estimate of drug-likeness (QED) is 0.839. The molecule has 0 spiro atoms. The molecular formula is C12H12F2N4O2S. The van der Waals surface area contributed by atoms with E-state index in [2.05, 4.69) is 15.4 Å². The molecule has 0 saturated heterocycles. The highest BCUT2D eigenvalue weighted by molar-refractivity contribution is 7.89. The topological polar surface area (TPSA) is 84.0 Å². The minimum atomic E-state index is -4.21. The van der Waals surface area contributed by atoms with Gasteiger partial charge in [-0.1, -0.05) is 0 Å². The molecule has 112 valence electrons. The molecule has 2 aromatic rings. The molecule has 2 rings (SSSR count). The van der Waals surface area contributed by atoms with E-state index in [9.17, 15) is 17.2 Å². The second-order valence-electron chi connectivity index (χ2n) is 4.28. The lowest BCUT2D eigenvalue weighted by Gasteiger charge is -2.09. The fraction of sp³-hybridized carbons (Fsp3) is 0.167. The highest BCUT2D eigenvalue weighted by Gasteiger charge is 2.19. The summed E-state index contributed by atoms with van der Waals surface area (Å²) in [5.74, 6) is -2.03. The zero-order valence-electron chi connectivity index (χ0n) is 11.2. The van der Waals surface area contributed by atoms with Crippen LogP contribution in [0.15, 0.2) is 29.2 Å². The fourth-order valence-electron chi connectivity index (χ4n) is 1.64. The van der Waals surface area contributed by atoms with Crippen molar-refractivity contribution in [3.63, 3.8) is 0 Å². The number of sulfonamides is 1. The van der Waals surface area contributed by atoms with Gasteiger partial charge in [0.15, 0.2) is 0 Å². The second kappa shape index (κ2) is 5.70. The number of rotatable bonds is 4. The lowest BCUT2D eigenvalue weighted by atomic mass is 10.3. The maximum absolute atomic E-state index is 13.5. The van der Waals surface area contributed by atoms with Gasteiger partial charge in [-0.15, -0.1) is 4.83 Å². The van der Waals surface area contributed by atoms with Gasteiger partial charge in [0, 0.05) is 17.5 Å². The van der Waals surface area contributed by atoms with Crippen molar-refractivity contribution in [2.24, 2.45) is 0 Å². The van der Waals surface area contributed by atoms with Crippen LogP contribution in [0, 0.1) is 25.5 Å². The van der Waals surface area contributed by atoms with Crippen molar-refractivity contribution >= 4 is 16.0 Å². The van der Waals surface area contributed by atoms with Crippen LogP contribution in [0.2, 0.25) is 0 Å². The summed E-state index contributed by atoms with van der Waals surface area (Å²) in [5, 5.41) is 0. The van der Waals surface area contributed by atoms with Gasteiger partial charge in [0.2, 0.25) is 5.95 Å². The van der Waals surface area contributed by atoms with Crippen LogP contribution in [0.3, 0.4) is 0 Å². The molecule has 0 atom stereocenters. The first-order chi connectivity index (χ1) is 9.78. The first-order valence-corrected chi connectivity index (χ1v) is 7.31. The van der Waals surface area contributed by atoms with E-state index in [0.29, 0.717) is 17.5 Å². The van der Waals surface area contributed by atoms with Crippen molar-refractivity contribution in [1.82, 2.24) is 14.8 Å². The molecule has 0 amide bonds. The van der Waals surface area contributed by atoms with Crippen LogP contribution in [0.25, 0.3) is 0 Å². The number of nitrogens with one attached hydrogen (secondary N) is 2. The number of aromatic nitrogens is 2. The van der Waals surface area contributed by atoms with E-state index in [-0.39, 0.29) is 5.95 Å². The van der Waals surface area contributed by atoms with Crippen molar-refractivity contribution in [2.75, 3.05) is 5.43 Å². The highest BCUT2D eigenvalue weighted by Crippen LogP contribution is 2.15. The van der Waals surface area contributed by atoms with Gasteiger partial charge in [0.05, 0.1) is 0 Å². The number of benzene rings is 1. The van der Waals surface area contributed by atoms with Gasteiger partial charge in [-0.3, -0.25) is 5.43 Å². The Morgan fingerprint density at radius 1 is 1.05 bits per heavy atom. The molecule has 2 N–H and O–H groups in total. The molecule has 0 radical (unpaired) electrons. The number of aryl methyl sites for hydroxylation is 2. The Balaban J connectivity index is 2.21. The van der Waals surface area contributed by atoms with E-state index in [1.165, 1.54) is 0 Å². The first kappa shape index (κ1) is 15.3. The third kappa shape index (κ3) is 3.70. The van der Waals surface area contributed by atoms with Crippen molar-refractivity contribution in [1.29, 1.82) is 0 Å². The van der Waals surface area contributed by atoms with Gasteiger partial charge >= 0.3 is 0 Å². The maximum atomic E-state index is 13.5. The van der Waals surface area contributed by atoms with Gasteiger partial charge < -0.3 is 0 Å². The molecule has 9 heteroatoms. The van der Waals surface area contributed by atoms with E-state index >= 15 is 0 Å². The number of hydrazine groups is 1. The van der Waals surface area contributed by atoms with Gasteiger partial charge in [0.1, 0.15) is 16.5 Å². The molecule has 0 aliphatic carbocycles. The molecule has 0 saturated carbocycles. The van der Waals surface area contributed by atoms with Gasteiger partial charge in [-0.05, 0) is 32.0 Å². The van der Waals surface area contributed by atoms with Crippen LogP contribution < -0.4 is 10.3 Å². The number of nitrogens with zero attached hydrogens (tertiary/aromatic N) is 2. The average molecular weight is 314 g/mol. The van der Waals surface area contributed by atoms with Crippen LogP contribution in [0.1, 0.15) is 11.4 Å². The standard InChI is InChI=1S/C12H12F2N4O2S/c1-7-5-8(2)16-12(15-7)17-18-21(19,20)11-4-3-9(13)6-10(11)14/h3-6,18H,1-2H3,(H,15,16,17). The number of halogens is 2. The lowest BCUT2D eigenvalue weighted by Crippen LogP contribution is -2.31. The smallest absolute Gasteiger partial charge is 0.260 e. The summed E-state index contributed by atoms with van der Waals surface area (Å²) in [6.45, 7) is 3.43. The molecule has 1 aromatic carbocycles. The predicted molar refractivity (Wildman–Crippen MR) is 71.8 cm³/mol. The zero-order chi connectivity index (χ0) is 15.6. The Hall–Kier alpha value is -2.13. The molecule has 0 aliphatic heterocycles. The minimum Gasteiger partial charge on any atom is -0.276 e. The summed E-state index contributed by atoms with van der Waals surface area (Å²) >= 11 is 0. The Labute approximate surface area is 120 Å². The van der Waals surface area contributed by atoms with E-state index < -0.39 is 26.6 Å². The molecule has 21 heavy (non-hydrogen) atoms. The molecule has 0 bridgehead atoms. The Morgan fingerprint density at radius 2 is 1.67 bits per heavy atom. The van der Waals surface area contributed by atoms with Crippen LogP contribution >= 0.6 is 0 Å². The average Bonchev–Trinajstić information content (AvgIpc) is 2.35. The predicted octanol–water partition coefficient (Wildman–Crippen LogP) is 1.68. The van der Waals surface area contributed by atoms with Crippen molar-refractivity contribution in [2.45, 2.75) is 18.7 Å². The maximum Gasteiger partial charge on any atom is 0.260 e. The highest BCUT2D eigenvalue weighted by atomic mass is 32.2. The van der Waals surface area contributed by atoms with E-state index in [4.69, 9.17) is 0 Å². The SMILES string of the molecule is Cc1cc(C)nc(NNS(=O)(=O)c2ccc(F)cc2F)n1. The molecule has 0 aliphatic rings. The number of hydrogen-bond acceptors (Lipinski definition) is 5. The third-order valence-corrected chi connectivity index (χ3v) is 3.74. The summed E-state index contributed by atoms with van der Waals surface area (Å²) < 4.78 is 50.1. The van der Waals surface area contributed by atoms with E-state index in [1.807, 2.05) is 4.83 Å². The Bertz CT molecular complexity index is 761. The van der Waals surface area contributed by atoms with Crippen LogP contribution in [0.5, 0.6) is 0 Å². The Kier molecular flexibility index (Phi) is 4.14. The molecule has 0 fully saturated rings. The number of anilines is 1. The van der Waals surface area contributed by atoms with Gasteiger partial charge in [-0.25, -0.2) is 27.2 Å². The van der Waals surface area contributed by atoms with E-state index in [1.54, 1.807) is 19.9 Å². The van der Waals surface area contributed by atoms with Crippen LogP contribution in [-0.4, -0.2) is 18.4 Å². The lowest BCUT2D eigenvalue weighted by molar-refractivity contribution is 0.545. The molecule has 1 heterocycles. The summed E-state index contributed by atoms with van der Waals surface area (Å²) in [4.78, 5) is 9.19.